The summed E-state index contributed by atoms with van der Waals surface area (Å²) in [4.78, 5) is 23.2. The van der Waals surface area contributed by atoms with Gasteiger partial charge in [-0.25, -0.2) is 0 Å². The fourth-order valence-corrected chi connectivity index (χ4v) is 2.20. The van der Waals surface area contributed by atoms with Crippen molar-refractivity contribution in [3.63, 3.8) is 0 Å². The van der Waals surface area contributed by atoms with Crippen molar-refractivity contribution in [2.75, 3.05) is 6.61 Å². The third kappa shape index (κ3) is 5.07. The van der Waals surface area contributed by atoms with E-state index in [0.29, 0.717) is 32.3 Å². The molecule has 0 amide bonds. The summed E-state index contributed by atoms with van der Waals surface area (Å²) >= 11 is 0. The molecule has 0 radical (unpaired) electrons. The molecule has 4 nitrogen and oxygen atoms in total. The van der Waals surface area contributed by atoms with Crippen LogP contribution in [0.15, 0.2) is 0 Å². The first-order valence-corrected chi connectivity index (χ1v) is 7.02. The summed E-state index contributed by atoms with van der Waals surface area (Å²) in [6, 6.07) is 0. The first-order chi connectivity index (χ1) is 8.67. The largest absolute Gasteiger partial charge is 0.465 e. The van der Waals surface area contributed by atoms with E-state index in [1.807, 2.05) is 6.92 Å². The van der Waals surface area contributed by atoms with E-state index in [-0.39, 0.29) is 24.0 Å². The zero-order valence-electron chi connectivity index (χ0n) is 11.4. The van der Waals surface area contributed by atoms with Crippen molar-refractivity contribution >= 4 is 11.9 Å². The van der Waals surface area contributed by atoms with Gasteiger partial charge in [-0.2, -0.15) is 0 Å². The van der Waals surface area contributed by atoms with Gasteiger partial charge in [0.2, 0.25) is 0 Å². The predicted octanol–water partition coefficient (Wildman–Crippen LogP) is 2.84. The van der Waals surface area contributed by atoms with Gasteiger partial charge in [-0.15, -0.1) is 0 Å². The number of cyclic esters (lactones) is 2. The maximum absolute atomic E-state index is 11.7. The van der Waals surface area contributed by atoms with Gasteiger partial charge in [0, 0.05) is 18.8 Å². The van der Waals surface area contributed by atoms with Crippen molar-refractivity contribution in [1.82, 2.24) is 0 Å². The Kier molecular flexibility index (Phi) is 6.76. The van der Waals surface area contributed by atoms with Gasteiger partial charge in [0.25, 0.3) is 0 Å². The van der Waals surface area contributed by atoms with E-state index < -0.39 is 0 Å². The van der Waals surface area contributed by atoms with Gasteiger partial charge < -0.3 is 9.47 Å². The number of carbonyl (C=O) groups is 2. The van der Waals surface area contributed by atoms with E-state index in [4.69, 9.17) is 9.47 Å². The lowest BCUT2D eigenvalue weighted by atomic mass is 9.96. The molecule has 1 heterocycles. The lowest BCUT2D eigenvalue weighted by molar-refractivity contribution is -0.155. The highest BCUT2D eigenvalue weighted by Gasteiger charge is 2.25. The zero-order chi connectivity index (χ0) is 13.4. The van der Waals surface area contributed by atoms with Gasteiger partial charge in [-0.05, 0) is 25.7 Å². The van der Waals surface area contributed by atoms with Crippen LogP contribution in [-0.2, 0) is 19.1 Å². The van der Waals surface area contributed by atoms with Gasteiger partial charge in [-0.1, -0.05) is 20.3 Å². The molecule has 1 fully saturated rings. The third-order valence-corrected chi connectivity index (χ3v) is 3.38. The van der Waals surface area contributed by atoms with E-state index in [0.717, 1.165) is 19.3 Å². The molecule has 1 aliphatic rings. The van der Waals surface area contributed by atoms with Gasteiger partial charge in [-0.3, -0.25) is 9.59 Å². The van der Waals surface area contributed by atoms with Crippen LogP contribution in [0.25, 0.3) is 0 Å². The molecule has 0 aliphatic carbocycles. The van der Waals surface area contributed by atoms with Crippen LogP contribution in [0.1, 0.15) is 58.8 Å². The molecule has 0 aromatic rings. The van der Waals surface area contributed by atoms with Crippen molar-refractivity contribution in [1.29, 1.82) is 0 Å². The second-order valence-corrected chi connectivity index (χ2v) is 4.88. The molecule has 4 heteroatoms. The van der Waals surface area contributed by atoms with Crippen LogP contribution in [0.4, 0.5) is 0 Å². The topological polar surface area (TPSA) is 52.6 Å². The molecule has 104 valence electrons. The quantitative estimate of drug-likeness (QED) is 0.729. The predicted molar refractivity (Wildman–Crippen MR) is 68.0 cm³/mol. The molecule has 2 atom stereocenters. The molecule has 18 heavy (non-hydrogen) atoms. The van der Waals surface area contributed by atoms with Crippen molar-refractivity contribution in [2.45, 2.75) is 64.9 Å². The molecule has 0 aromatic heterocycles. The second-order valence-electron chi connectivity index (χ2n) is 4.88. The average Bonchev–Trinajstić information content (AvgIpc) is 2.37. The zero-order valence-corrected chi connectivity index (χ0v) is 11.4. The van der Waals surface area contributed by atoms with Crippen LogP contribution < -0.4 is 0 Å². The number of rotatable bonds is 3. The highest BCUT2D eigenvalue weighted by molar-refractivity contribution is 5.71. The van der Waals surface area contributed by atoms with Gasteiger partial charge >= 0.3 is 11.9 Å². The summed E-state index contributed by atoms with van der Waals surface area (Å²) in [6.07, 6.45) is 4.74. The molecular weight excluding hydrogens is 232 g/mol. The molecule has 0 aromatic carbocycles. The summed E-state index contributed by atoms with van der Waals surface area (Å²) in [5.41, 5.74) is 0. The van der Waals surface area contributed by atoms with Crippen molar-refractivity contribution in [2.24, 2.45) is 5.92 Å². The van der Waals surface area contributed by atoms with Gasteiger partial charge in [0.05, 0.1) is 6.61 Å². The minimum absolute atomic E-state index is 0.113. The normalized spacial score (nSPS) is 27.0. The Labute approximate surface area is 109 Å². The molecule has 0 spiro atoms. The van der Waals surface area contributed by atoms with Gasteiger partial charge in [0.1, 0.15) is 6.10 Å². The number of carbonyl (C=O) groups excluding carboxylic acids is 2. The average molecular weight is 256 g/mol. The van der Waals surface area contributed by atoms with E-state index in [1.54, 1.807) is 0 Å². The van der Waals surface area contributed by atoms with Crippen LogP contribution in [-0.4, -0.2) is 24.6 Å². The summed E-state index contributed by atoms with van der Waals surface area (Å²) in [7, 11) is 0. The standard InChI is InChI=1S/C14H24O4/c1-3-7-12-11(4-2)10-17-13(15)8-5-6-9-14(16)18-12/h11-12H,3-10H2,1-2H3. The third-order valence-electron chi connectivity index (χ3n) is 3.38. The first kappa shape index (κ1) is 15.0. The molecule has 0 N–H and O–H groups in total. The van der Waals surface area contributed by atoms with Crippen LogP contribution >= 0.6 is 0 Å². The lowest BCUT2D eigenvalue weighted by Gasteiger charge is -2.25. The SMILES string of the molecule is CCCC1OC(=O)CCCCC(=O)OCC1CC. The molecule has 0 saturated carbocycles. The maximum Gasteiger partial charge on any atom is 0.306 e. The van der Waals surface area contributed by atoms with Crippen LogP contribution in [0.2, 0.25) is 0 Å². The molecule has 1 saturated heterocycles. The highest BCUT2D eigenvalue weighted by atomic mass is 16.6. The smallest absolute Gasteiger partial charge is 0.306 e. The van der Waals surface area contributed by atoms with Crippen LogP contribution in [0.3, 0.4) is 0 Å². The molecule has 1 aliphatic heterocycles. The number of hydrogen-bond donors (Lipinski definition) is 0. The Hall–Kier alpha value is -1.06. The van der Waals surface area contributed by atoms with E-state index in [9.17, 15) is 9.59 Å². The van der Waals surface area contributed by atoms with Crippen LogP contribution in [0, 0.1) is 5.92 Å². The first-order valence-electron chi connectivity index (χ1n) is 7.02. The molecule has 1 rings (SSSR count). The Balaban J connectivity index is 2.69. The van der Waals surface area contributed by atoms with Crippen molar-refractivity contribution in [3.8, 4) is 0 Å². The van der Waals surface area contributed by atoms with E-state index in [1.165, 1.54) is 0 Å². The second kappa shape index (κ2) is 8.11. The van der Waals surface area contributed by atoms with Crippen LogP contribution in [0.5, 0.6) is 0 Å². The Morgan fingerprint density at radius 2 is 1.78 bits per heavy atom. The maximum atomic E-state index is 11.7. The minimum atomic E-state index is -0.155. The summed E-state index contributed by atoms with van der Waals surface area (Å²) < 4.78 is 10.8. The van der Waals surface area contributed by atoms with E-state index in [2.05, 4.69) is 6.92 Å². The summed E-state index contributed by atoms with van der Waals surface area (Å²) in [5, 5.41) is 0. The Morgan fingerprint density at radius 1 is 1.11 bits per heavy atom. The number of esters is 2. The van der Waals surface area contributed by atoms with Crippen molar-refractivity contribution in [3.05, 3.63) is 0 Å². The molecule has 2 unspecified atom stereocenters. The van der Waals surface area contributed by atoms with Crippen molar-refractivity contribution < 1.29 is 19.1 Å². The molecule has 0 bridgehead atoms. The monoisotopic (exact) mass is 256 g/mol. The fourth-order valence-electron chi connectivity index (χ4n) is 2.20. The summed E-state index contributed by atoms with van der Waals surface area (Å²) in [5.74, 6) is -0.171. The lowest BCUT2D eigenvalue weighted by Crippen LogP contribution is -2.30. The number of hydrogen-bond acceptors (Lipinski definition) is 4. The Bertz CT molecular complexity index is 275. The molecular formula is C14H24O4. The minimum Gasteiger partial charge on any atom is -0.465 e. The highest BCUT2D eigenvalue weighted by Crippen LogP contribution is 2.20. The fraction of sp³-hybridized carbons (Fsp3) is 0.857. The summed E-state index contributed by atoms with van der Waals surface area (Å²) in [6.45, 7) is 4.47. The Morgan fingerprint density at radius 3 is 2.39 bits per heavy atom. The van der Waals surface area contributed by atoms with E-state index >= 15 is 0 Å². The number of ether oxygens (including phenoxy) is 2. The van der Waals surface area contributed by atoms with Gasteiger partial charge in [0.15, 0.2) is 0 Å².